The van der Waals surface area contributed by atoms with Crippen LogP contribution in [-0.4, -0.2) is 31.3 Å². The van der Waals surface area contributed by atoms with Crippen LogP contribution >= 0.6 is 0 Å². The van der Waals surface area contributed by atoms with Crippen LogP contribution < -0.4 is 15.2 Å². The minimum atomic E-state index is -0.804. The van der Waals surface area contributed by atoms with Crippen LogP contribution in [0.15, 0.2) is 24.3 Å². The van der Waals surface area contributed by atoms with Crippen molar-refractivity contribution in [3.8, 4) is 11.5 Å². The summed E-state index contributed by atoms with van der Waals surface area (Å²) < 4.78 is 10.8. The lowest BCUT2D eigenvalue weighted by molar-refractivity contribution is -0.138. The Hall–Kier alpha value is -1.75. The van der Waals surface area contributed by atoms with Gasteiger partial charge in [-0.2, -0.15) is 0 Å². The van der Waals surface area contributed by atoms with Crippen molar-refractivity contribution in [3.63, 3.8) is 0 Å². The Morgan fingerprint density at radius 2 is 2.10 bits per heavy atom. The van der Waals surface area contributed by atoms with Crippen LogP contribution in [0.4, 0.5) is 0 Å². The third-order valence-corrected chi connectivity index (χ3v) is 3.11. The monoisotopic (exact) mass is 281 g/mol. The number of methoxy groups -OCH3 is 1. The molecule has 0 saturated heterocycles. The lowest BCUT2D eigenvalue weighted by atomic mass is 9.94. The van der Waals surface area contributed by atoms with E-state index in [1.54, 1.807) is 7.11 Å². The highest BCUT2D eigenvalue weighted by Gasteiger charge is 2.15. The molecule has 1 unspecified atom stereocenters. The molecule has 3 N–H and O–H groups in total. The Labute approximate surface area is 119 Å². The zero-order valence-corrected chi connectivity index (χ0v) is 12.0. The molecule has 1 rings (SSSR count). The molecule has 2 atom stereocenters. The number of rotatable bonds is 9. The molecule has 5 nitrogen and oxygen atoms in total. The van der Waals surface area contributed by atoms with Gasteiger partial charge in [-0.05, 0) is 36.9 Å². The average Bonchev–Trinajstić information content (AvgIpc) is 2.44. The molecule has 0 amide bonds. The maximum Gasteiger partial charge on any atom is 0.303 e. The van der Waals surface area contributed by atoms with Crippen molar-refractivity contribution in [1.82, 2.24) is 0 Å². The van der Waals surface area contributed by atoms with E-state index in [0.717, 1.165) is 17.9 Å². The van der Waals surface area contributed by atoms with E-state index in [4.69, 9.17) is 20.3 Å². The van der Waals surface area contributed by atoms with Gasteiger partial charge in [-0.15, -0.1) is 0 Å². The first-order chi connectivity index (χ1) is 9.55. The number of carboxylic acid groups (broad SMARTS) is 1. The van der Waals surface area contributed by atoms with Gasteiger partial charge in [0.15, 0.2) is 0 Å². The molecular weight excluding hydrogens is 258 g/mol. The fourth-order valence-electron chi connectivity index (χ4n) is 2.08. The standard InChI is InChI=1S/C15H23NO4/c1-11(6-12(9-16)7-15(17)18)10-20-14-5-3-4-13(8-14)19-2/h3-5,8,11-12H,6-7,9-10,16H2,1-2H3,(H,17,18)/t11?,12-/m0/s1. The Kier molecular flexibility index (Phi) is 6.87. The van der Waals surface area contributed by atoms with Crippen LogP contribution in [0.1, 0.15) is 19.8 Å². The zero-order valence-electron chi connectivity index (χ0n) is 12.0. The number of hydrogen-bond donors (Lipinski definition) is 2. The minimum Gasteiger partial charge on any atom is -0.497 e. The second-order valence-electron chi connectivity index (χ2n) is 5.03. The van der Waals surface area contributed by atoms with Crippen LogP contribution in [0.3, 0.4) is 0 Å². The molecule has 20 heavy (non-hydrogen) atoms. The van der Waals surface area contributed by atoms with E-state index < -0.39 is 5.97 Å². The van der Waals surface area contributed by atoms with Gasteiger partial charge in [-0.1, -0.05) is 13.0 Å². The van der Waals surface area contributed by atoms with Crippen molar-refractivity contribution in [2.24, 2.45) is 17.6 Å². The summed E-state index contributed by atoms with van der Waals surface area (Å²) in [6.45, 7) is 2.95. The molecule has 1 aromatic carbocycles. The van der Waals surface area contributed by atoms with E-state index >= 15 is 0 Å². The average molecular weight is 281 g/mol. The molecule has 0 aliphatic rings. The van der Waals surface area contributed by atoms with Gasteiger partial charge >= 0.3 is 5.97 Å². The second kappa shape index (κ2) is 8.43. The minimum absolute atomic E-state index is 0.00332. The molecule has 0 radical (unpaired) electrons. The van der Waals surface area contributed by atoms with E-state index in [2.05, 4.69) is 0 Å². The zero-order chi connectivity index (χ0) is 15.0. The summed E-state index contributed by atoms with van der Waals surface area (Å²) in [5, 5.41) is 8.79. The van der Waals surface area contributed by atoms with Gasteiger partial charge in [0.1, 0.15) is 11.5 Å². The molecule has 0 aromatic heterocycles. The van der Waals surface area contributed by atoms with Crippen molar-refractivity contribution in [2.75, 3.05) is 20.3 Å². The smallest absolute Gasteiger partial charge is 0.303 e. The number of ether oxygens (including phenoxy) is 2. The third-order valence-electron chi connectivity index (χ3n) is 3.11. The van der Waals surface area contributed by atoms with Gasteiger partial charge in [-0.3, -0.25) is 4.79 Å². The quantitative estimate of drug-likeness (QED) is 0.724. The SMILES string of the molecule is COc1cccc(OCC(C)C[C@H](CN)CC(=O)O)c1. The first kappa shape index (κ1) is 16.3. The highest BCUT2D eigenvalue weighted by molar-refractivity contribution is 5.67. The number of hydrogen-bond acceptors (Lipinski definition) is 4. The molecular formula is C15H23NO4. The van der Waals surface area contributed by atoms with Gasteiger partial charge in [0.05, 0.1) is 13.7 Å². The Bertz CT molecular complexity index is 422. The van der Waals surface area contributed by atoms with E-state index in [1.165, 1.54) is 0 Å². The van der Waals surface area contributed by atoms with E-state index in [1.807, 2.05) is 31.2 Å². The van der Waals surface area contributed by atoms with Crippen molar-refractivity contribution in [3.05, 3.63) is 24.3 Å². The Morgan fingerprint density at radius 3 is 2.70 bits per heavy atom. The molecule has 0 bridgehead atoms. The summed E-state index contributed by atoms with van der Waals surface area (Å²) in [5.41, 5.74) is 5.59. The first-order valence-electron chi connectivity index (χ1n) is 6.73. The van der Waals surface area contributed by atoms with Crippen molar-refractivity contribution in [2.45, 2.75) is 19.8 Å². The lowest BCUT2D eigenvalue weighted by Crippen LogP contribution is -2.22. The van der Waals surface area contributed by atoms with Crippen LogP contribution in [0.2, 0.25) is 0 Å². The summed E-state index contributed by atoms with van der Waals surface area (Å²) >= 11 is 0. The summed E-state index contributed by atoms with van der Waals surface area (Å²) in [5.74, 6) is 0.937. The van der Waals surface area contributed by atoms with Crippen molar-refractivity contribution in [1.29, 1.82) is 0 Å². The topological polar surface area (TPSA) is 81.8 Å². The molecule has 0 aliphatic heterocycles. The number of aliphatic carboxylic acids is 1. The molecule has 0 heterocycles. The second-order valence-corrected chi connectivity index (χ2v) is 5.03. The van der Waals surface area contributed by atoms with Crippen molar-refractivity contribution < 1.29 is 19.4 Å². The summed E-state index contributed by atoms with van der Waals surface area (Å²) in [4.78, 5) is 10.7. The molecule has 5 heteroatoms. The summed E-state index contributed by atoms with van der Waals surface area (Å²) in [6.07, 6.45) is 0.854. The summed E-state index contributed by atoms with van der Waals surface area (Å²) in [7, 11) is 1.61. The first-order valence-corrected chi connectivity index (χ1v) is 6.73. The number of carboxylic acids is 1. The lowest BCUT2D eigenvalue weighted by Gasteiger charge is -2.18. The van der Waals surface area contributed by atoms with E-state index in [-0.39, 0.29) is 18.3 Å². The molecule has 112 valence electrons. The molecule has 1 aromatic rings. The largest absolute Gasteiger partial charge is 0.497 e. The molecule has 0 fully saturated rings. The predicted octanol–water partition coefficient (Wildman–Crippen LogP) is 2.15. The highest BCUT2D eigenvalue weighted by atomic mass is 16.5. The van der Waals surface area contributed by atoms with Gasteiger partial charge in [-0.25, -0.2) is 0 Å². The molecule has 0 saturated carbocycles. The highest BCUT2D eigenvalue weighted by Crippen LogP contribution is 2.21. The fraction of sp³-hybridized carbons (Fsp3) is 0.533. The Balaban J connectivity index is 2.41. The van der Waals surface area contributed by atoms with Gasteiger partial charge in [0, 0.05) is 12.5 Å². The third kappa shape index (κ3) is 5.93. The van der Waals surface area contributed by atoms with Crippen LogP contribution in [0.25, 0.3) is 0 Å². The van der Waals surface area contributed by atoms with Crippen LogP contribution in [0.5, 0.6) is 11.5 Å². The number of carbonyl (C=O) groups is 1. The fourth-order valence-corrected chi connectivity index (χ4v) is 2.08. The maximum atomic E-state index is 10.7. The van der Waals surface area contributed by atoms with Gasteiger partial charge < -0.3 is 20.3 Å². The molecule has 0 aliphatic carbocycles. The normalized spacial score (nSPS) is 13.6. The number of nitrogens with two attached hydrogens (primary N) is 1. The van der Waals surface area contributed by atoms with E-state index in [9.17, 15) is 4.79 Å². The van der Waals surface area contributed by atoms with Crippen LogP contribution in [-0.2, 0) is 4.79 Å². The van der Waals surface area contributed by atoms with Crippen LogP contribution in [0, 0.1) is 11.8 Å². The molecule has 0 spiro atoms. The van der Waals surface area contributed by atoms with Gasteiger partial charge in [0.25, 0.3) is 0 Å². The van der Waals surface area contributed by atoms with Crippen molar-refractivity contribution >= 4 is 5.97 Å². The maximum absolute atomic E-state index is 10.7. The summed E-state index contributed by atoms with van der Waals surface area (Å²) in [6, 6.07) is 7.41. The van der Waals surface area contributed by atoms with Gasteiger partial charge in [0.2, 0.25) is 0 Å². The predicted molar refractivity (Wildman–Crippen MR) is 77.1 cm³/mol. The number of benzene rings is 1. The van der Waals surface area contributed by atoms with E-state index in [0.29, 0.717) is 13.2 Å². The Morgan fingerprint density at radius 1 is 1.40 bits per heavy atom.